The predicted molar refractivity (Wildman–Crippen MR) is 224 cm³/mol. The Kier molecular flexibility index (Phi) is 7.62. The summed E-state index contributed by atoms with van der Waals surface area (Å²) in [6.07, 6.45) is 2.73. The van der Waals surface area contributed by atoms with Crippen LogP contribution < -0.4 is 0 Å². The molecular weight excluding hydrogens is 675 g/mol. The lowest BCUT2D eigenvalue weighted by Crippen LogP contribution is -2.42. The summed E-state index contributed by atoms with van der Waals surface area (Å²) in [6, 6.07) is 35.0. The van der Waals surface area contributed by atoms with Crippen molar-refractivity contribution in [3.8, 4) is 17.2 Å². The van der Waals surface area contributed by atoms with Gasteiger partial charge in [0.05, 0.1) is 11.0 Å². The Morgan fingerprint density at radius 1 is 0.673 bits per heavy atom. The molecule has 6 heteroatoms. The summed E-state index contributed by atoms with van der Waals surface area (Å²) in [5.41, 5.74) is 11.6. The second-order valence-electron chi connectivity index (χ2n) is 18.0. The maximum Gasteiger partial charge on any atom is 0.218 e. The minimum atomic E-state index is -0.727. The minimum Gasteiger partial charge on any atom is -0.463 e. The van der Waals surface area contributed by atoms with Crippen LogP contribution in [0, 0.1) is 13.8 Å². The second-order valence-corrected chi connectivity index (χ2v) is 18.0. The van der Waals surface area contributed by atoms with Gasteiger partial charge in [0.25, 0.3) is 0 Å². The first-order valence-electron chi connectivity index (χ1n) is 19.4. The molecule has 0 unspecified atom stereocenters. The molecule has 0 spiro atoms. The Hall–Kier alpha value is -5.62. The summed E-state index contributed by atoms with van der Waals surface area (Å²) >= 11 is 0. The van der Waals surface area contributed by atoms with Crippen molar-refractivity contribution in [3.05, 3.63) is 154 Å². The topological polar surface area (TPSA) is 65.2 Å². The summed E-state index contributed by atoms with van der Waals surface area (Å²) < 4.78 is 9.57. The number of aromatic nitrogens is 4. The maximum atomic E-state index is 7.26. The molecule has 0 fully saturated rings. The van der Waals surface area contributed by atoms with Crippen LogP contribution in [0.15, 0.2) is 108 Å². The highest BCUT2D eigenvalue weighted by atomic mass is 16.5. The molecule has 0 saturated carbocycles. The van der Waals surface area contributed by atoms with Gasteiger partial charge in [-0.3, -0.25) is 4.57 Å². The van der Waals surface area contributed by atoms with E-state index in [9.17, 15) is 0 Å². The monoisotopic (exact) mass is 723 g/mol. The van der Waals surface area contributed by atoms with E-state index in [0.717, 1.165) is 57.2 Å². The van der Waals surface area contributed by atoms with E-state index in [1.807, 2.05) is 12.3 Å². The highest BCUT2D eigenvalue weighted by Crippen LogP contribution is 2.55. The molecule has 3 aromatic heterocycles. The number of hydrogen-bond donors (Lipinski definition) is 0. The molecule has 2 atom stereocenters. The van der Waals surface area contributed by atoms with Gasteiger partial charge in [0.2, 0.25) is 5.90 Å². The van der Waals surface area contributed by atoms with Crippen molar-refractivity contribution in [2.24, 2.45) is 4.99 Å². The van der Waals surface area contributed by atoms with Crippen LogP contribution in [0.3, 0.4) is 0 Å². The number of rotatable bonds is 3. The second kappa shape index (κ2) is 11.9. The van der Waals surface area contributed by atoms with Crippen LogP contribution in [0.1, 0.15) is 106 Å². The molecule has 55 heavy (non-hydrogen) atoms. The van der Waals surface area contributed by atoms with Crippen molar-refractivity contribution in [2.45, 2.75) is 97.6 Å². The summed E-state index contributed by atoms with van der Waals surface area (Å²) in [7, 11) is 0. The van der Waals surface area contributed by atoms with E-state index < -0.39 is 11.1 Å². The normalized spacial score (nSPS) is 19.4. The Morgan fingerprint density at radius 2 is 1.35 bits per heavy atom. The summed E-state index contributed by atoms with van der Waals surface area (Å²) in [4.78, 5) is 20.9. The van der Waals surface area contributed by atoms with Gasteiger partial charge >= 0.3 is 0 Å². The summed E-state index contributed by atoms with van der Waals surface area (Å²) in [5, 5.41) is 2.35. The third-order valence-electron chi connectivity index (χ3n) is 12.0. The molecule has 6 nitrogen and oxygen atoms in total. The third kappa shape index (κ3) is 5.43. The quantitative estimate of drug-likeness (QED) is 0.182. The Bertz CT molecular complexity index is 2740. The zero-order valence-electron chi connectivity index (χ0n) is 33.7. The molecule has 4 heterocycles. The number of aryl methyl sites for hydroxylation is 2. The molecule has 4 aromatic carbocycles. The Balaban J connectivity index is 1.29. The molecule has 1 aliphatic carbocycles. The molecular formula is C49H49N5O. The molecule has 0 amide bonds. The average Bonchev–Trinajstić information content (AvgIpc) is 3.58. The Morgan fingerprint density at radius 3 is 2.07 bits per heavy atom. The fourth-order valence-electron chi connectivity index (χ4n) is 8.70. The lowest BCUT2D eigenvalue weighted by molar-refractivity contribution is 0.0289. The minimum absolute atomic E-state index is 0.101. The fraction of sp³-hybridized carbons (Fsp3) is 0.306. The van der Waals surface area contributed by atoms with Crippen molar-refractivity contribution in [1.82, 2.24) is 19.5 Å². The van der Waals surface area contributed by atoms with Gasteiger partial charge in [0.1, 0.15) is 11.4 Å². The number of ether oxygens (including phenoxy) is 1. The van der Waals surface area contributed by atoms with Crippen molar-refractivity contribution in [2.75, 3.05) is 0 Å². The van der Waals surface area contributed by atoms with E-state index in [2.05, 4.69) is 165 Å². The van der Waals surface area contributed by atoms with Gasteiger partial charge in [0.15, 0.2) is 11.4 Å². The van der Waals surface area contributed by atoms with Crippen LogP contribution in [0.2, 0.25) is 0 Å². The number of hydrogen-bond acceptors (Lipinski definition) is 5. The van der Waals surface area contributed by atoms with Crippen LogP contribution >= 0.6 is 0 Å². The first-order valence-corrected chi connectivity index (χ1v) is 19.4. The van der Waals surface area contributed by atoms with E-state index >= 15 is 0 Å². The van der Waals surface area contributed by atoms with E-state index in [1.165, 1.54) is 38.6 Å². The fourth-order valence-corrected chi connectivity index (χ4v) is 8.70. The third-order valence-corrected chi connectivity index (χ3v) is 12.0. The van der Waals surface area contributed by atoms with Crippen LogP contribution in [0.5, 0.6) is 0 Å². The van der Waals surface area contributed by atoms with Gasteiger partial charge in [-0.2, -0.15) is 0 Å². The highest BCUT2D eigenvalue weighted by Gasteiger charge is 2.57. The average molecular weight is 724 g/mol. The lowest BCUT2D eigenvalue weighted by Gasteiger charge is -2.38. The predicted octanol–water partition coefficient (Wildman–Crippen LogP) is 11.4. The zero-order valence-corrected chi connectivity index (χ0v) is 33.7. The smallest absolute Gasteiger partial charge is 0.218 e. The van der Waals surface area contributed by atoms with Gasteiger partial charge in [-0.05, 0) is 98.8 Å². The van der Waals surface area contributed by atoms with Gasteiger partial charge in [-0.15, -0.1) is 0 Å². The van der Waals surface area contributed by atoms with Crippen LogP contribution in [-0.4, -0.2) is 25.4 Å². The molecule has 0 saturated heterocycles. The van der Waals surface area contributed by atoms with Gasteiger partial charge in [0, 0.05) is 55.9 Å². The number of benzene rings is 4. The van der Waals surface area contributed by atoms with Crippen molar-refractivity contribution >= 4 is 27.7 Å². The molecule has 0 bridgehead atoms. The van der Waals surface area contributed by atoms with Crippen LogP contribution in [0.25, 0.3) is 39.0 Å². The standard InChI is InChI=1S/C49H49N5O/c1-29-19-20-39-35(23-29)36-24-30(2)34(44-50-22-21-41(52-44)46(3,4)5)28-40(36)54(39)43-27-33(26-42(51-43)47(6,7)8)45-53-48(9)37-17-13-11-15-31(37)25-32-16-12-14-18-38(32)49(48,10)55-45/h11-24,26-28H,25H2,1-10H3/t48-,49+/m1/s1. The lowest BCUT2D eigenvalue weighted by atomic mass is 9.74. The van der Waals surface area contributed by atoms with E-state index in [0.29, 0.717) is 5.90 Å². The number of pyridine rings is 1. The number of nitrogens with zero attached hydrogens (tertiary/aromatic N) is 5. The molecule has 276 valence electrons. The van der Waals surface area contributed by atoms with Gasteiger partial charge in [-0.1, -0.05) is 102 Å². The molecule has 0 N–H and O–H groups in total. The van der Waals surface area contributed by atoms with Crippen LogP contribution in [0.4, 0.5) is 0 Å². The SMILES string of the molecule is Cc1ccc2c(c1)c1cc(C)c(-c3nccc(C(C)(C)C)n3)cc1n2-c1cc(C2=N[C@]3(C)c4ccccc4Cc4ccccc4[C@]3(C)O2)cc(C(C)(C)C)n1. The number of aliphatic imine (C=N–C) groups is 1. The molecule has 9 rings (SSSR count). The van der Waals surface area contributed by atoms with Gasteiger partial charge < -0.3 is 4.74 Å². The maximum absolute atomic E-state index is 7.26. The summed E-state index contributed by atoms with van der Waals surface area (Å²) in [6.45, 7) is 22.0. The van der Waals surface area contributed by atoms with Crippen LogP contribution in [-0.2, 0) is 33.1 Å². The summed E-state index contributed by atoms with van der Waals surface area (Å²) in [5.74, 6) is 2.18. The molecule has 7 aromatic rings. The molecule has 0 radical (unpaired) electrons. The van der Waals surface area contributed by atoms with Crippen molar-refractivity contribution in [3.63, 3.8) is 0 Å². The van der Waals surface area contributed by atoms with Gasteiger partial charge in [-0.25, -0.2) is 19.9 Å². The first-order chi connectivity index (χ1) is 26.0. The van der Waals surface area contributed by atoms with E-state index in [-0.39, 0.29) is 10.8 Å². The largest absolute Gasteiger partial charge is 0.463 e. The molecule has 1 aliphatic heterocycles. The van der Waals surface area contributed by atoms with Crippen molar-refractivity contribution in [1.29, 1.82) is 0 Å². The van der Waals surface area contributed by atoms with Crippen molar-refractivity contribution < 1.29 is 4.74 Å². The van der Waals surface area contributed by atoms with E-state index in [4.69, 9.17) is 24.7 Å². The zero-order chi connectivity index (χ0) is 38.7. The van der Waals surface area contributed by atoms with E-state index in [1.54, 1.807) is 0 Å². The molecule has 2 aliphatic rings. The first kappa shape index (κ1) is 35.1. The number of fused-ring (bicyclic) bond motifs is 8. The highest BCUT2D eigenvalue weighted by molar-refractivity contribution is 6.11. The Labute approximate surface area is 324 Å².